The number of halogens is 1. The van der Waals surface area contributed by atoms with Crippen LogP contribution in [0.1, 0.15) is 37.7 Å². The topological polar surface area (TPSA) is 137 Å². The number of benzene rings is 1. The van der Waals surface area contributed by atoms with Gasteiger partial charge in [0.15, 0.2) is 11.6 Å². The number of nitrogens with zero attached hydrogens (tertiary/aromatic N) is 4. The fraction of sp³-hybridized carbons (Fsp3) is 0.344. The molecule has 6 rings (SSSR count). The van der Waals surface area contributed by atoms with Crippen molar-refractivity contribution in [3.8, 4) is 22.1 Å². The van der Waals surface area contributed by atoms with Gasteiger partial charge in [0.2, 0.25) is 5.91 Å². The summed E-state index contributed by atoms with van der Waals surface area (Å²) in [5.41, 5.74) is 2.90. The monoisotopic (exact) mass is 632 g/mol. The van der Waals surface area contributed by atoms with Crippen molar-refractivity contribution in [2.45, 2.75) is 44.7 Å². The molecule has 3 N–H and O–H groups in total. The van der Waals surface area contributed by atoms with Gasteiger partial charge in [0.05, 0.1) is 20.8 Å². The van der Waals surface area contributed by atoms with Crippen LogP contribution in [0.2, 0.25) is 0 Å². The van der Waals surface area contributed by atoms with Gasteiger partial charge < -0.3 is 25.4 Å². The number of carbonyl (C=O) groups excluding carboxylic acids is 2. The van der Waals surface area contributed by atoms with Gasteiger partial charge in [-0.1, -0.05) is 6.07 Å². The van der Waals surface area contributed by atoms with Gasteiger partial charge in [-0.2, -0.15) is 0 Å². The van der Waals surface area contributed by atoms with Gasteiger partial charge in [0.25, 0.3) is 0 Å². The van der Waals surface area contributed by atoms with Crippen molar-refractivity contribution >= 4 is 45.1 Å². The predicted molar refractivity (Wildman–Crippen MR) is 168 cm³/mol. The molecule has 234 valence electrons. The Bertz CT molecular complexity index is 1700. The first-order valence-electron chi connectivity index (χ1n) is 14.9. The second kappa shape index (κ2) is 13.6. The number of carboxylic acids is 1. The first-order valence-corrected chi connectivity index (χ1v) is 15.7. The summed E-state index contributed by atoms with van der Waals surface area (Å²) < 4.78 is 21.6. The molecule has 1 saturated heterocycles. The molecule has 0 bridgehead atoms. The number of pyridine rings is 2. The molecule has 2 aliphatic rings. The van der Waals surface area contributed by atoms with E-state index in [1.807, 2.05) is 29.3 Å². The Morgan fingerprint density at radius 1 is 1.00 bits per heavy atom. The third-order valence-electron chi connectivity index (χ3n) is 7.69. The van der Waals surface area contributed by atoms with Crippen LogP contribution in [0.15, 0.2) is 54.9 Å². The average molecular weight is 633 g/mol. The summed E-state index contributed by atoms with van der Waals surface area (Å²) in [6.07, 6.45) is 6.03. The number of aliphatic carboxylic acids is 1. The molecule has 3 aromatic heterocycles. The zero-order chi connectivity index (χ0) is 31.3. The largest absolute Gasteiger partial charge is 0.481 e. The van der Waals surface area contributed by atoms with E-state index in [0.29, 0.717) is 43.0 Å². The number of carbonyl (C=O) groups is 3. The molecule has 4 heterocycles. The average Bonchev–Trinajstić information content (AvgIpc) is 3.72. The lowest BCUT2D eigenvalue weighted by molar-refractivity contribution is -0.137. The van der Waals surface area contributed by atoms with E-state index in [1.165, 1.54) is 23.5 Å². The molecule has 0 radical (unpaired) electrons. The lowest BCUT2D eigenvalue weighted by Gasteiger charge is -2.34. The standard InChI is InChI=1S/C32H33FN6O5S/c33-23-16-22(37-32(43)36-21-5-6-21)7-9-26(23)44-27-10-11-34-25-17-28(45-31(25)27)24-8-4-20(18-35-24)19-38-12-14-39(15-13-38)29(40)2-1-3-30(41)42/h4,7-11,16-18,21H,1-3,5-6,12-15,19H2,(H,41,42)(H2,36,37,43). The van der Waals surface area contributed by atoms with E-state index < -0.39 is 11.8 Å². The molecule has 0 atom stereocenters. The van der Waals surface area contributed by atoms with Gasteiger partial charge in [-0.15, -0.1) is 11.3 Å². The molecular formula is C32H33FN6O5S. The normalized spacial score (nSPS) is 15.2. The van der Waals surface area contributed by atoms with E-state index >= 15 is 0 Å². The third-order valence-corrected chi connectivity index (χ3v) is 8.85. The second-order valence-electron chi connectivity index (χ2n) is 11.2. The Morgan fingerprint density at radius 3 is 2.53 bits per heavy atom. The summed E-state index contributed by atoms with van der Waals surface area (Å²) in [7, 11) is 0. The second-order valence-corrected chi connectivity index (χ2v) is 12.3. The number of piperazine rings is 1. The number of ether oxygens (including phenoxy) is 1. The minimum absolute atomic E-state index is 0.0115. The highest BCUT2D eigenvalue weighted by atomic mass is 32.1. The van der Waals surface area contributed by atoms with Crippen LogP contribution in [0.3, 0.4) is 0 Å². The molecule has 3 amide bonds. The van der Waals surface area contributed by atoms with E-state index in [4.69, 9.17) is 9.84 Å². The number of fused-ring (bicyclic) bond motifs is 1. The number of amides is 3. The van der Waals surface area contributed by atoms with E-state index in [0.717, 1.165) is 46.8 Å². The Morgan fingerprint density at radius 2 is 1.82 bits per heavy atom. The highest BCUT2D eigenvalue weighted by molar-refractivity contribution is 7.22. The number of anilines is 1. The van der Waals surface area contributed by atoms with Crippen LogP contribution in [0, 0.1) is 5.82 Å². The van der Waals surface area contributed by atoms with Crippen LogP contribution in [0.4, 0.5) is 14.9 Å². The summed E-state index contributed by atoms with van der Waals surface area (Å²) in [5.74, 6) is -0.953. The number of hydrogen-bond donors (Lipinski definition) is 3. The van der Waals surface area contributed by atoms with Gasteiger partial charge >= 0.3 is 12.0 Å². The van der Waals surface area contributed by atoms with E-state index in [9.17, 15) is 18.8 Å². The minimum atomic E-state index is -0.880. The van der Waals surface area contributed by atoms with E-state index in [1.54, 1.807) is 18.3 Å². The Labute approximate surface area is 263 Å². The molecule has 1 saturated carbocycles. The fourth-order valence-corrected chi connectivity index (χ4v) is 6.15. The number of nitrogens with one attached hydrogen (secondary N) is 2. The number of urea groups is 1. The zero-order valence-corrected chi connectivity index (χ0v) is 25.3. The van der Waals surface area contributed by atoms with E-state index in [2.05, 4.69) is 25.5 Å². The van der Waals surface area contributed by atoms with Crippen molar-refractivity contribution in [1.82, 2.24) is 25.1 Å². The molecule has 2 fully saturated rings. The molecule has 0 unspecified atom stereocenters. The van der Waals surface area contributed by atoms with Crippen LogP contribution in [-0.2, 0) is 16.1 Å². The summed E-state index contributed by atoms with van der Waals surface area (Å²) in [5, 5.41) is 14.2. The highest BCUT2D eigenvalue weighted by Gasteiger charge is 2.24. The van der Waals surface area contributed by atoms with Crippen LogP contribution < -0.4 is 15.4 Å². The Hall–Kier alpha value is -4.62. The molecule has 13 heteroatoms. The molecule has 4 aromatic rings. The molecule has 1 aliphatic carbocycles. The van der Waals surface area contributed by atoms with Crippen LogP contribution in [0.5, 0.6) is 11.5 Å². The maximum absolute atomic E-state index is 14.9. The van der Waals surface area contributed by atoms with Crippen LogP contribution >= 0.6 is 11.3 Å². The molecule has 11 nitrogen and oxygen atoms in total. The fourth-order valence-electron chi connectivity index (χ4n) is 5.11. The van der Waals surface area contributed by atoms with Crippen LogP contribution in [0.25, 0.3) is 20.8 Å². The lowest BCUT2D eigenvalue weighted by Crippen LogP contribution is -2.48. The third kappa shape index (κ3) is 7.91. The van der Waals surface area contributed by atoms with Gasteiger partial charge in [0.1, 0.15) is 5.75 Å². The van der Waals surface area contributed by atoms with Gasteiger partial charge in [-0.3, -0.25) is 24.5 Å². The summed E-state index contributed by atoms with van der Waals surface area (Å²) >= 11 is 1.46. The summed E-state index contributed by atoms with van der Waals surface area (Å²) in [4.78, 5) is 49.1. The van der Waals surface area contributed by atoms with Crippen molar-refractivity contribution in [3.63, 3.8) is 0 Å². The Kier molecular flexibility index (Phi) is 9.17. The van der Waals surface area contributed by atoms with Crippen molar-refractivity contribution < 1.29 is 28.6 Å². The minimum Gasteiger partial charge on any atom is -0.481 e. The maximum atomic E-state index is 14.9. The Balaban J connectivity index is 1.05. The number of rotatable bonds is 11. The highest BCUT2D eigenvalue weighted by Crippen LogP contribution is 2.39. The van der Waals surface area contributed by atoms with Gasteiger partial charge in [0, 0.05) is 81.8 Å². The van der Waals surface area contributed by atoms with Gasteiger partial charge in [-0.25, -0.2) is 9.18 Å². The number of thiophene rings is 1. The predicted octanol–water partition coefficient (Wildman–Crippen LogP) is 5.47. The molecular weight excluding hydrogens is 599 g/mol. The van der Waals surface area contributed by atoms with Crippen LogP contribution in [-0.4, -0.2) is 75.0 Å². The smallest absolute Gasteiger partial charge is 0.319 e. The van der Waals surface area contributed by atoms with Crippen molar-refractivity contribution in [1.29, 1.82) is 0 Å². The zero-order valence-electron chi connectivity index (χ0n) is 24.5. The maximum Gasteiger partial charge on any atom is 0.319 e. The first-order chi connectivity index (χ1) is 21.8. The lowest BCUT2D eigenvalue weighted by atomic mass is 10.2. The molecule has 1 aromatic carbocycles. The number of hydrogen-bond acceptors (Lipinski definition) is 8. The van der Waals surface area contributed by atoms with Crippen molar-refractivity contribution in [2.75, 3.05) is 31.5 Å². The van der Waals surface area contributed by atoms with Crippen molar-refractivity contribution in [3.05, 3.63) is 66.2 Å². The summed E-state index contributed by atoms with van der Waals surface area (Å²) in [6.45, 7) is 3.45. The van der Waals surface area contributed by atoms with Gasteiger partial charge in [-0.05, 0) is 49.1 Å². The SMILES string of the molecule is O=C(O)CCCC(=O)N1CCN(Cc2ccc(-c3cc4nccc(Oc5ccc(NC(=O)NC6CC6)cc5F)c4s3)nc2)CC1. The number of carboxylic acid groups (broad SMARTS) is 1. The van der Waals surface area contributed by atoms with E-state index in [-0.39, 0.29) is 36.6 Å². The molecule has 45 heavy (non-hydrogen) atoms. The quantitative estimate of drug-likeness (QED) is 0.198. The van der Waals surface area contributed by atoms with Crippen molar-refractivity contribution in [2.24, 2.45) is 0 Å². The summed E-state index contributed by atoms with van der Waals surface area (Å²) in [6, 6.07) is 11.8. The first kappa shape index (κ1) is 30.4. The molecule has 1 aliphatic heterocycles. The molecule has 0 spiro atoms. The number of aromatic nitrogens is 2.